The molecule has 0 heterocycles. The van der Waals surface area contributed by atoms with Gasteiger partial charge in [-0.1, -0.05) is 32.6 Å². The summed E-state index contributed by atoms with van der Waals surface area (Å²) >= 11 is 0. The van der Waals surface area contributed by atoms with Crippen LogP contribution in [0.5, 0.6) is 0 Å². The molecule has 3 N–H and O–H groups in total. The van der Waals surface area contributed by atoms with Gasteiger partial charge in [0, 0.05) is 12.6 Å². The molecule has 0 saturated heterocycles. The molecule has 0 aromatic heterocycles. The van der Waals surface area contributed by atoms with Crippen molar-refractivity contribution in [1.82, 2.24) is 0 Å². The van der Waals surface area contributed by atoms with Crippen molar-refractivity contribution < 1.29 is 9.84 Å². The molecule has 0 aromatic carbocycles. The lowest BCUT2D eigenvalue weighted by Crippen LogP contribution is -2.41. The van der Waals surface area contributed by atoms with E-state index in [-0.39, 0.29) is 18.8 Å². The fraction of sp³-hybridized carbons (Fsp3) is 1.00. The minimum absolute atomic E-state index is 0.0423. The largest absolute Gasteiger partial charge is 0.394 e. The van der Waals surface area contributed by atoms with Crippen molar-refractivity contribution in [2.24, 2.45) is 11.7 Å². The highest BCUT2D eigenvalue weighted by molar-refractivity contribution is 4.89. The van der Waals surface area contributed by atoms with E-state index in [9.17, 15) is 5.11 Å². The number of nitrogens with two attached hydrogens (primary N) is 1. The predicted molar refractivity (Wildman–Crippen MR) is 66.3 cm³/mol. The van der Waals surface area contributed by atoms with Gasteiger partial charge in [0.2, 0.25) is 0 Å². The summed E-state index contributed by atoms with van der Waals surface area (Å²) in [5.74, 6) is 0.595. The number of aliphatic hydroxyl groups is 1. The first-order valence-electron chi connectivity index (χ1n) is 6.77. The first-order chi connectivity index (χ1) is 7.79. The summed E-state index contributed by atoms with van der Waals surface area (Å²) in [7, 11) is 0. The van der Waals surface area contributed by atoms with Crippen LogP contribution in [-0.4, -0.2) is 30.5 Å². The second-order valence-corrected chi connectivity index (χ2v) is 4.92. The average molecular weight is 229 g/mol. The Morgan fingerprint density at radius 3 is 2.50 bits per heavy atom. The second-order valence-electron chi connectivity index (χ2n) is 4.92. The average Bonchev–Trinajstić information content (AvgIpc) is 3.11. The normalized spacial score (nSPS) is 19.7. The van der Waals surface area contributed by atoms with Gasteiger partial charge in [0.05, 0.1) is 12.7 Å². The van der Waals surface area contributed by atoms with Crippen LogP contribution in [0.25, 0.3) is 0 Å². The molecule has 1 fully saturated rings. The Balaban J connectivity index is 2.00. The minimum atomic E-state index is -0.140. The van der Waals surface area contributed by atoms with Gasteiger partial charge in [0.25, 0.3) is 0 Å². The Morgan fingerprint density at radius 1 is 1.25 bits per heavy atom. The molecule has 0 radical (unpaired) electrons. The first-order valence-corrected chi connectivity index (χ1v) is 6.77. The molecule has 1 saturated carbocycles. The zero-order chi connectivity index (χ0) is 11.8. The number of rotatable bonds is 10. The van der Waals surface area contributed by atoms with E-state index < -0.39 is 0 Å². The van der Waals surface area contributed by atoms with E-state index in [1.165, 1.54) is 38.5 Å². The molecule has 16 heavy (non-hydrogen) atoms. The van der Waals surface area contributed by atoms with Crippen molar-refractivity contribution >= 4 is 0 Å². The van der Waals surface area contributed by atoms with Crippen molar-refractivity contribution in [3.8, 4) is 0 Å². The zero-order valence-corrected chi connectivity index (χ0v) is 10.5. The maximum absolute atomic E-state index is 9.21. The molecule has 0 aliphatic heterocycles. The fourth-order valence-corrected chi connectivity index (χ4v) is 2.01. The highest BCUT2D eigenvalue weighted by Crippen LogP contribution is 2.33. The lowest BCUT2D eigenvalue weighted by molar-refractivity contribution is -0.00800. The van der Waals surface area contributed by atoms with Crippen molar-refractivity contribution in [3.63, 3.8) is 0 Å². The van der Waals surface area contributed by atoms with Gasteiger partial charge in [0.1, 0.15) is 0 Å². The predicted octanol–water partition coefficient (Wildman–Crippen LogP) is 2.07. The zero-order valence-electron chi connectivity index (χ0n) is 10.5. The maximum Gasteiger partial charge on any atom is 0.0958 e. The van der Waals surface area contributed by atoms with Crippen LogP contribution < -0.4 is 5.73 Å². The Kier molecular flexibility index (Phi) is 7.01. The standard InChI is InChI=1S/C13H27NO2/c1-2-3-4-5-6-9-16-12(10-15)13(14)11-7-8-11/h11-13,15H,2-10,14H2,1H3. The molecular weight excluding hydrogens is 202 g/mol. The van der Waals surface area contributed by atoms with Crippen LogP contribution in [0.1, 0.15) is 51.9 Å². The second kappa shape index (κ2) is 8.04. The maximum atomic E-state index is 9.21. The monoisotopic (exact) mass is 229 g/mol. The molecule has 0 aromatic rings. The van der Waals surface area contributed by atoms with Crippen LogP contribution >= 0.6 is 0 Å². The smallest absolute Gasteiger partial charge is 0.0958 e. The number of hydrogen-bond acceptors (Lipinski definition) is 3. The van der Waals surface area contributed by atoms with E-state index in [1.54, 1.807) is 0 Å². The van der Waals surface area contributed by atoms with Gasteiger partial charge in [-0.05, 0) is 25.2 Å². The number of unbranched alkanes of at least 4 members (excludes halogenated alkanes) is 4. The van der Waals surface area contributed by atoms with Crippen LogP contribution in [0, 0.1) is 5.92 Å². The van der Waals surface area contributed by atoms with Gasteiger partial charge in [-0.15, -0.1) is 0 Å². The molecule has 1 rings (SSSR count). The lowest BCUT2D eigenvalue weighted by atomic mass is 10.1. The highest BCUT2D eigenvalue weighted by Gasteiger charge is 2.34. The van der Waals surface area contributed by atoms with E-state index in [4.69, 9.17) is 10.5 Å². The molecule has 2 atom stereocenters. The molecule has 3 nitrogen and oxygen atoms in total. The van der Waals surface area contributed by atoms with Crippen molar-refractivity contribution in [2.75, 3.05) is 13.2 Å². The molecule has 0 amide bonds. The summed E-state index contributed by atoms with van der Waals surface area (Å²) in [6.07, 6.45) is 8.46. The van der Waals surface area contributed by atoms with Crippen LogP contribution in [-0.2, 0) is 4.74 Å². The molecule has 0 bridgehead atoms. The number of aliphatic hydroxyl groups excluding tert-OH is 1. The van der Waals surface area contributed by atoms with Gasteiger partial charge in [-0.2, -0.15) is 0 Å². The van der Waals surface area contributed by atoms with Crippen molar-refractivity contribution in [3.05, 3.63) is 0 Å². The lowest BCUT2D eigenvalue weighted by Gasteiger charge is -2.22. The highest BCUT2D eigenvalue weighted by atomic mass is 16.5. The summed E-state index contributed by atoms with van der Waals surface area (Å²) < 4.78 is 5.66. The van der Waals surface area contributed by atoms with Gasteiger partial charge in [-0.3, -0.25) is 0 Å². The quantitative estimate of drug-likeness (QED) is 0.564. The van der Waals surface area contributed by atoms with Gasteiger partial charge < -0.3 is 15.6 Å². The van der Waals surface area contributed by atoms with Crippen LogP contribution in [0.15, 0.2) is 0 Å². The van der Waals surface area contributed by atoms with E-state index in [0.717, 1.165) is 13.0 Å². The van der Waals surface area contributed by atoms with Crippen molar-refractivity contribution in [2.45, 2.75) is 64.0 Å². The Bertz CT molecular complexity index is 171. The molecule has 1 aliphatic rings. The third kappa shape index (κ3) is 5.28. The van der Waals surface area contributed by atoms with E-state index in [0.29, 0.717) is 5.92 Å². The van der Waals surface area contributed by atoms with E-state index in [1.807, 2.05) is 0 Å². The Morgan fingerprint density at radius 2 is 1.94 bits per heavy atom. The molecule has 2 unspecified atom stereocenters. The molecule has 0 spiro atoms. The first kappa shape index (κ1) is 13.9. The fourth-order valence-electron chi connectivity index (χ4n) is 2.01. The van der Waals surface area contributed by atoms with Gasteiger partial charge in [0.15, 0.2) is 0 Å². The molecule has 3 heteroatoms. The van der Waals surface area contributed by atoms with Gasteiger partial charge >= 0.3 is 0 Å². The van der Waals surface area contributed by atoms with Crippen molar-refractivity contribution in [1.29, 1.82) is 0 Å². The topological polar surface area (TPSA) is 55.5 Å². The van der Waals surface area contributed by atoms with E-state index in [2.05, 4.69) is 6.92 Å². The molecule has 1 aliphatic carbocycles. The number of ether oxygens (including phenoxy) is 1. The van der Waals surface area contributed by atoms with Crippen LogP contribution in [0.3, 0.4) is 0 Å². The van der Waals surface area contributed by atoms with Crippen LogP contribution in [0.4, 0.5) is 0 Å². The summed E-state index contributed by atoms with van der Waals surface area (Å²) in [4.78, 5) is 0. The third-order valence-corrected chi connectivity index (χ3v) is 3.36. The van der Waals surface area contributed by atoms with E-state index >= 15 is 0 Å². The summed E-state index contributed by atoms with van der Waals surface area (Å²) in [6, 6.07) is 0.0423. The Hall–Kier alpha value is -0.120. The summed E-state index contributed by atoms with van der Waals surface area (Å²) in [6.45, 7) is 3.02. The summed E-state index contributed by atoms with van der Waals surface area (Å²) in [5, 5.41) is 9.21. The van der Waals surface area contributed by atoms with Gasteiger partial charge in [-0.25, -0.2) is 0 Å². The third-order valence-electron chi connectivity index (χ3n) is 3.36. The molecular formula is C13H27NO2. The minimum Gasteiger partial charge on any atom is -0.394 e. The van der Waals surface area contributed by atoms with Crippen LogP contribution in [0.2, 0.25) is 0 Å². The molecule has 96 valence electrons. The SMILES string of the molecule is CCCCCCCOC(CO)C(N)C1CC1. The Labute approximate surface area is 99.4 Å². The number of hydrogen-bond donors (Lipinski definition) is 2. The summed E-state index contributed by atoms with van der Waals surface area (Å²) in [5.41, 5.74) is 6.01.